The average molecular weight is 252 g/mol. The standard InChI is InChI=1S/C15H28OSi/c1-7-8-9-13-12(11-17(4,5)6)14(16)10-15(13,2)3/h7,14,16H,1,8-11H2,2-6H3/t14-/m0/s1. The Hall–Kier alpha value is -0.343. The molecule has 0 aromatic carbocycles. The molecule has 0 fully saturated rings. The van der Waals surface area contributed by atoms with Crippen molar-refractivity contribution in [2.45, 2.75) is 64.9 Å². The van der Waals surface area contributed by atoms with Crippen LogP contribution in [-0.2, 0) is 0 Å². The van der Waals surface area contributed by atoms with Gasteiger partial charge in [-0.25, -0.2) is 0 Å². The molecule has 0 unspecified atom stereocenters. The third kappa shape index (κ3) is 3.82. The maximum Gasteiger partial charge on any atom is 0.0758 e. The van der Waals surface area contributed by atoms with Crippen molar-refractivity contribution in [2.24, 2.45) is 5.41 Å². The summed E-state index contributed by atoms with van der Waals surface area (Å²) in [5.74, 6) is 0. The number of hydrogen-bond donors (Lipinski definition) is 1. The van der Waals surface area contributed by atoms with Crippen LogP contribution >= 0.6 is 0 Å². The fourth-order valence-electron chi connectivity index (χ4n) is 2.91. The van der Waals surface area contributed by atoms with Crippen LogP contribution in [0.25, 0.3) is 0 Å². The van der Waals surface area contributed by atoms with Crippen molar-refractivity contribution in [1.29, 1.82) is 0 Å². The van der Waals surface area contributed by atoms with Crippen LogP contribution in [0.5, 0.6) is 0 Å². The quantitative estimate of drug-likeness (QED) is 0.569. The molecule has 0 aliphatic heterocycles. The Labute approximate surface area is 108 Å². The maximum absolute atomic E-state index is 10.3. The Morgan fingerprint density at radius 2 is 2.00 bits per heavy atom. The fourth-order valence-corrected chi connectivity index (χ4v) is 4.50. The van der Waals surface area contributed by atoms with Crippen LogP contribution in [0.4, 0.5) is 0 Å². The summed E-state index contributed by atoms with van der Waals surface area (Å²) in [7, 11) is -1.15. The number of rotatable bonds is 5. The third-order valence-electron chi connectivity index (χ3n) is 3.63. The first-order valence-electron chi connectivity index (χ1n) is 6.69. The predicted octanol–water partition coefficient (Wildman–Crippen LogP) is 4.38. The topological polar surface area (TPSA) is 20.2 Å². The van der Waals surface area contributed by atoms with Crippen molar-refractivity contribution in [2.75, 3.05) is 0 Å². The van der Waals surface area contributed by atoms with E-state index in [-0.39, 0.29) is 11.5 Å². The SMILES string of the molecule is C=CCCC1=C(C[Si](C)(C)C)[C@@H](O)CC1(C)C. The Kier molecular flexibility index (Phi) is 4.42. The maximum atomic E-state index is 10.3. The van der Waals surface area contributed by atoms with E-state index < -0.39 is 8.07 Å². The zero-order valence-corrected chi connectivity index (χ0v) is 13.1. The summed E-state index contributed by atoms with van der Waals surface area (Å²) in [6, 6.07) is 1.14. The molecule has 17 heavy (non-hydrogen) atoms. The van der Waals surface area contributed by atoms with Crippen molar-refractivity contribution in [3.63, 3.8) is 0 Å². The number of allylic oxidation sites excluding steroid dienone is 2. The summed E-state index contributed by atoms with van der Waals surface area (Å²) in [4.78, 5) is 0. The van der Waals surface area contributed by atoms with Gasteiger partial charge in [-0.15, -0.1) is 6.58 Å². The van der Waals surface area contributed by atoms with Gasteiger partial charge >= 0.3 is 0 Å². The number of aliphatic hydroxyl groups is 1. The highest BCUT2D eigenvalue weighted by Gasteiger charge is 2.38. The number of aliphatic hydroxyl groups excluding tert-OH is 1. The average Bonchev–Trinajstić information content (AvgIpc) is 2.32. The summed E-state index contributed by atoms with van der Waals surface area (Å²) >= 11 is 0. The second kappa shape index (κ2) is 5.11. The van der Waals surface area contributed by atoms with E-state index in [0.29, 0.717) is 0 Å². The summed E-state index contributed by atoms with van der Waals surface area (Å²) in [6.07, 6.45) is 4.80. The minimum Gasteiger partial charge on any atom is -0.389 e. The van der Waals surface area contributed by atoms with E-state index >= 15 is 0 Å². The van der Waals surface area contributed by atoms with E-state index in [1.807, 2.05) is 6.08 Å². The highest BCUT2D eigenvalue weighted by atomic mass is 28.3. The minimum absolute atomic E-state index is 0.178. The highest BCUT2D eigenvalue weighted by molar-refractivity contribution is 6.76. The lowest BCUT2D eigenvalue weighted by Crippen LogP contribution is -2.23. The van der Waals surface area contributed by atoms with Crippen molar-refractivity contribution in [1.82, 2.24) is 0 Å². The van der Waals surface area contributed by atoms with Gasteiger partial charge in [-0.3, -0.25) is 0 Å². The molecule has 0 spiro atoms. The molecule has 0 amide bonds. The van der Waals surface area contributed by atoms with E-state index in [2.05, 4.69) is 40.1 Å². The Bertz CT molecular complexity index is 320. The van der Waals surface area contributed by atoms with Crippen LogP contribution in [0.3, 0.4) is 0 Å². The lowest BCUT2D eigenvalue weighted by molar-refractivity contribution is 0.182. The normalized spacial score (nSPS) is 24.2. The van der Waals surface area contributed by atoms with E-state index in [1.54, 1.807) is 0 Å². The molecule has 98 valence electrons. The first-order valence-corrected chi connectivity index (χ1v) is 10.4. The number of hydrogen-bond acceptors (Lipinski definition) is 1. The Balaban J connectivity index is 3.00. The molecule has 0 aromatic heterocycles. The molecule has 1 N–H and O–H groups in total. The smallest absolute Gasteiger partial charge is 0.0758 e. The van der Waals surface area contributed by atoms with E-state index in [1.165, 1.54) is 11.1 Å². The van der Waals surface area contributed by atoms with Gasteiger partial charge in [-0.2, -0.15) is 0 Å². The van der Waals surface area contributed by atoms with Crippen molar-refractivity contribution >= 4 is 8.07 Å². The summed E-state index contributed by atoms with van der Waals surface area (Å²) in [5.41, 5.74) is 3.04. The second-order valence-electron chi connectivity index (χ2n) is 7.17. The van der Waals surface area contributed by atoms with E-state index in [0.717, 1.165) is 25.3 Å². The molecule has 1 nitrogen and oxygen atoms in total. The zero-order chi connectivity index (χ0) is 13.3. The van der Waals surface area contributed by atoms with Gasteiger partial charge in [0.1, 0.15) is 0 Å². The van der Waals surface area contributed by atoms with Crippen LogP contribution in [0.1, 0.15) is 33.1 Å². The van der Waals surface area contributed by atoms with Gasteiger partial charge in [0, 0.05) is 8.07 Å². The van der Waals surface area contributed by atoms with Crippen LogP contribution in [0, 0.1) is 5.41 Å². The molecular weight excluding hydrogens is 224 g/mol. The van der Waals surface area contributed by atoms with Gasteiger partial charge in [0.05, 0.1) is 6.10 Å². The summed E-state index contributed by atoms with van der Waals surface area (Å²) in [5, 5.41) is 10.3. The molecule has 1 aliphatic carbocycles. The van der Waals surface area contributed by atoms with Crippen molar-refractivity contribution in [3.8, 4) is 0 Å². The van der Waals surface area contributed by atoms with Gasteiger partial charge in [0.15, 0.2) is 0 Å². The monoisotopic (exact) mass is 252 g/mol. The molecule has 1 atom stereocenters. The summed E-state index contributed by atoms with van der Waals surface area (Å²) in [6.45, 7) is 15.5. The second-order valence-corrected chi connectivity index (χ2v) is 12.6. The third-order valence-corrected chi connectivity index (χ3v) is 5.07. The van der Waals surface area contributed by atoms with Crippen LogP contribution in [0.15, 0.2) is 23.8 Å². The molecule has 0 saturated carbocycles. The van der Waals surface area contributed by atoms with Gasteiger partial charge < -0.3 is 5.11 Å². The van der Waals surface area contributed by atoms with Gasteiger partial charge in [0.25, 0.3) is 0 Å². The van der Waals surface area contributed by atoms with Crippen molar-refractivity contribution < 1.29 is 5.11 Å². The Morgan fingerprint density at radius 3 is 2.47 bits per heavy atom. The summed E-state index contributed by atoms with van der Waals surface area (Å²) < 4.78 is 0. The van der Waals surface area contributed by atoms with Gasteiger partial charge in [-0.1, -0.05) is 45.1 Å². The minimum atomic E-state index is -1.15. The van der Waals surface area contributed by atoms with Crippen LogP contribution in [0.2, 0.25) is 25.7 Å². The largest absolute Gasteiger partial charge is 0.389 e. The van der Waals surface area contributed by atoms with E-state index in [9.17, 15) is 5.11 Å². The molecular formula is C15H28OSi. The van der Waals surface area contributed by atoms with Crippen LogP contribution in [-0.4, -0.2) is 19.3 Å². The molecule has 2 heteroatoms. The molecule has 1 rings (SSSR count). The van der Waals surface area contributed by atoms with Crippen molar-refractivity contribution in [3.05, 3.63) is 23.8 Å². The molecule has 0 saturated heterocycles. The first kappa shape index (κ1) is 14.7. The zero-order valence-electron chi connectivity index (χ0n) is 12.1. The van der Waals surface area contributed by atoms with E-state index in [4.69, 9.17) is 0 Å². The molecule has 0 bridgehead atoms. The first-order chi connectivity index (χ1) is 7.67. The predicted molar refractivity (Wildman–Crippen MR) is 79.0 cm³/mol. The van der Waals surface area contributed by atoms with Gasteiger partial charge in [-0.05, 0) is 36.3 Å². The van der Waals surface area contributed by atoms with Crippen LogP contribution < -0.4 is 0 Å². The lowest BCUT2D eigenvalue weighted by atomic mass is 9.83. The fraction of sp³-hybridized carbons (Fsp3) is 0.733. The molecule has 0 radical (unpaired) electrons. The molecule has 1 aliphatic rings. The highest BCUT2D eigenvalue weighted by Crippen LogP contribution is 2.47. The van der Waals surface area contributed by atoms with Gasteiger partial charge in [0.2, 0.25) is 0 Å². The lowest BCUT2D eigenvalue weighted by Gasteiger charge is -2.24. The molecule has 0 aromatic rings. The molecule has 0 heterocycles. The Morgan fingerprint density at radius 1 is 1.41 bits per heavy atom.